The number of unbranched alkanes of at least 4 members (excludes halogenated alkanes) is 25. The van der Waals surface area contributed by atoms with E-state index in [0.717, 1.165) is 128 Å². The molecule has 0 saturated heterocycles. The van der Waals surface area contributed by atoms with Crippen molar-refractivity contribution in [1.29, 1.82) is 0 Å². The third kappa shape index (κ3) is 62.2. The van der Waals surface area contributed by atoms with Gasteiger partial charge in [0.2, 0.25) is 5.91 Å². The SMILES string of the molecule is CC/C=C\C/C=C\C/C=C\C/C=C\C/C=C\C/C=C\C/C=C\C/C=C\C/C=C\C/C=C\CCCCCCCCC(=O)NC(COP(=O)([O-])OCC[N+](C)(C)C)C(O)/C=C/CCCCCCCCCCCCCCCCCCCCC. The Balaban J connectivity index is 4.21. The number of nitrogens with one attached hydrogen (secondary N) is 1. The predicted octanol–water partition coefficient (Wildman–Crippen LogP) is 20.0. The van der Waals surface area contributed by atoms with Crippen molar-refractivity contribution in [3.05, 3.63) is 134 Å². The molecule has 1 amide bonds. The van der Waals surface area contributed by atoms with E-state index in [1.807, 2.05) is 27.2 Å². The number of phosphoric ester groups is 1. The molecule has 3 atom stereocenters. The van der Waals surface area contributed by atoms with E-state index in [-0.39, 0.29) is 12.5 Å². The van der Waals surface area contributed by atoms with Crippen molar-refractivity contribution < 1.29 is 32.9 Å². The molecule has 8 nitrogen and oxygen atoms in total. The fraction of sp³-hybridized carbons (Fsp3) is 0.676. The zero-order valence-electron chi connectivity index (χ0n) is 52.2. The highest BCUT2D eigenvalue weighted by molar-refractivity contribution is 7.45. The Bertz CT molecular complexity index is 1760. The van der Waals surface area contributed by atoms with E-state index in [1.165, 1.54) is 109 Å². The standard InChI is InChI=1S/C71H123N2O6P/c1-6-8-10-12-14-16-18-20-22-24-26-28-29-30-31-32-33-34-35-36-37-38-39-40-41-42-43-45-47-49-51-53-55-57-59-61-63-65-71(75)72-69(68-79-80(76,77)78-67-66-73(3,4)5)70(74)64-62-60-58-56-54-52-50-48-46-44-27-25-23-21-19-17-15-13-11-9-7-2/h8,10,14,16,20,22,26,28,30-31,33-34,36-37,39-40,42-43,47,49,62,64,69-70,74H,6-7,9,11-13,15,17-19,21,23-25,27,29,32,35,38,41,44-46,48,50-61,63,65-68H2,1-5H3,(H-,72,75,76,77)/b10-8-,16-14-,22-20-,28-26-,31-30-,34-33-,37-36-,40-39-,43-42-,49-47-,64-62+. The van der Waals surface area contributed by atoms with Crippen LogP contribution in [0.25, 0.3) is 0 Å². The number of hydrogen-bond donors (Lipinski definition) is 2. The van der Waals surface area contributed by atoms with Crippen LogP contribution in [0, 0.1) is 0 Å². The summed E-state index contributed by atoms with van der Waals surface area (Å²) in [5, 5.41) is 13.9. The fourth-order valence-electron chi connectivity index (χ4n) is 8.83. The number of aliphatic hydroxyl groups excluding tert-OH is 1. The van der Waals surface area contributed by atoms with Gasteiger partial charge in [0.25, 0.3) is 7.82 Å². The first-order chi connectivity index (χ1) is 39.0. The van der Waals surface area contributed by atoms with Gasteiger partial charge >= 0.3 is 0 Å². The molecule has 0 aliphatic heterocycles. The molecule has 0 aromatic rings. The van der Waals surface area contributed by atoms with Crippen molar-refractivity contribution in [1.82, 2.24) is 5.32 Å². The number of phosphoric acid groups is 1. The highest BCUT2D eigenvalue weighted by atomic mass is 31.2. The number of amides is 1. The number of hydrogen-bond acceptors (Lipinski definition) is 6. The van der Waals surface area contributed by atoms with Crippen LogP contribution in [0.3, 0.4) is 0 Å². The Morgan fingerprint density at radius 1 is 0.450 bits per heavy atom. The van der Waals surface area contributed by atoms with Crippen LogP contribution in [0.4, 0.5) is 0 Å². The van der Waals surface area contributed by atoms with Gasteiger partial charge in [-0.1, -0.05) is 289 Å². The summed E-state index contributed by atoms with van der Waals surface area (Å²) in [6.07, 6.45) is 91.1. The minimum Gasteiger partial charge on any atom is -0.756 e. The maximum Gasteiger partial charge on any atom is 0.268 e. The van der Waals surface area contributed by atoms with E-state index in [0.29, 0.717) is 17.4 Å². The molecule has 0 aromatic heterocycles. The molecule has 458 valence electrons. The minimum absolute atomic E-state index is 0.0106. The molecule has 0 spiro atoms. The van der Waals surface area contributed by atoms with E-state index >= 15 is 0 Å². The quantitative estimate of drug-likeness (QED) is 0.0272. The second-order valence-corrected chi connectivity index (χ2v) is 24.1. The topological polar surface area (TPSA) is 108 Å². The molecular weight excluding hydrogens is 1010 g/mol. The average Bonchev–Trinajstić information content (AvgIpc) is 3.42. The summed E-state index contributed by atoms with van der Waals surface area (Å²) in [4.78, 5) is 25.6. The second-order valence-electron chi connectivity index (χ2n) is 22.7. The third-order valence-electron chi connectivity index (χ3n) is 13.9. The predicted molar refractivity (Wildman–Crippen MR) is 348 cm³/mol. The number of carbonyl (C=O) groups is 1. The van der Waals surface area contributed by atoms with Gasteiger partial charge in [-0.3, -0.25) is 9.36 Å². The molecule has 0 aromatic carbocycles. The normalized spacial score (nSPS) is 14.6. The Hall–Kier alpha value is -3.36. The largest absolute Gasteiger partial charge is 0.756 e. The van der Waals surface area contributed by atoms with E-state index in [9.17, 15) is 19.4 Å². The van der Waals surface area contributed by atoms with Gasteiger partial charge in [-0.2, -0.15) is 0 Å². The molecule has 3 unspecified atom stereocenters. The lowest BCUT2D eigenvalue weighted by Gasteiger charge is -2.29. The van der Waals surface area contributed by atoms with E-state index in [4.69, 9.17) is 9.05 Å². The van der Waals surface area contributed by atoms with Crippen molar-refractivity contribution in [3.63, 3.8) is 0 Å². The first-order valence-electron chi connectivity index (χ1n) is 32.5. The van der Waals surface area contributed by atoms with Crippen LogP contribution in [0.1, 0.15) is 258 Å². The number of rotatable bonds is 58. The molecule has 0 fully saturated rings. The summed E-state index contributed by atoms with van der Waals surface area (Å²) in [6.45, 7) is 4.53. The van der Waals surface area contributed by atoms with E-state index in [2.05, 4.69) is 141 Å². The van der Waals surface area contributed by atoms with Crippen LogP contribution in [-0.4, -0.2) is 68.5 Å². The third-order valence-corrected chi connectivity index (χ3v) is 14.8. The van der Waals surface area contributed by atoms with Gasteiger partial charge in [-0.15, -0.1) is 0 Å². The van der Waals surface area contributed by atoms with Gasteiger partial charge in [-0.05, 0) is 96.3 Å². The number of aliphatic hydroxyl groups is 1. The lowest BCUT2D eigenvalue weighted by atomic mass is 10.0. The minimum atomic E-state index is -4.61. The van der Waals surface area contributed by atoms with Gasteiger partial charge in [0.15, 0.2) is 0 Å². The van der Waals surface area contributed by atoms with Gasteiger partial charge in [0, 0.05) is 6.42 Å². The Kier molecular flexibility index (Phi) is 57.7. The van der Waals surface area contributed by atoms with Crippen LogP contribution in [-0.2, 0) is 18.4 Å². The van der Waals surface area contributed by atoms with Gasteiger partial charge in [0.05, 0.1) is 39.9 Å². The van der Waals surface area contributed by atoms with Crippen molar-refractivity contribution in [2.75, 3.05) is 40.9 Å². The van der Waals surface area contributed by atoms with Crippen molar-refractivity contribution in [3.8, 4) is 0 Å². The van der Waals surface area contributed by atoms with Gasteiger partial charge in [0.1, 0.15) is 13.2 Å². The molecule has 0 heterocycles. The van der Waals surface area contributed by atoms with Crippen LogP contribution in [0.5, 0.6) is 0 Å². The highest BCUT2D eigenvalue weighted by Crippen LogP contribution is 2.38. The number of nitrogens with zero attached hydrogens (tertiary/aromatic N) is 1. The second kappa shape index (κ2) is 60.2. The Morgan fingerprint density at radius 2 is 0.762 bits per heavy atom. The molecular formula is C71H123N2O6P. The summed E-state index contributed by atoms with van der Waals surface area (Å²) in [5.74, 6) is -0.215. The molecule has 9 heteroatoms. The molecule has 0 aliphatic carbocycles. The van der Waals surface area contributed by atoms with Gasteiger partial charge in [-0.25, -0.2) is 0 Å². The van der Waals surface area contributed by atoms with Crippen LogP contribution < -0.4 is 10.2 Å². The zero-order chi connectivity index (χ0) is 58.4. The maximum absolute atomic E-state index is 13.0. The first-order valence-corrected chi connectivity index (χ1v) is 34.0. The van der Waals surface area contributed by atoms with Crippen LogP contribution in [0.2, 0.25) is 0 Å². The maximum atomic E-state index is 13.0. The van der Waals surface area contributed by atoms with Crippen LogP contribution in [0.15, 0.2) is 134 Å². The number of allylic oxidation sites excluding steroid dienone is 21. The monoisotopic (exact) mass is 1130 g/mol. The summed E-state index contributed by atoms with van der Waals surface area (Å²) in [7, 11) is 1.24. The van der Waals surface area contributed by atoms with Crippen LogP contribution >= 0.6 is 7.82 Å². The summed E-state index contributed by atoms with van der Waals surface area (Å²) in [6, 6.07) is -0.905. The van der Waals surface area contributed by atoms with E-state index < -0.39 is 26.6 Å². The average molecular weight is 1130 g/mol. The molecule has 0 aliphatic rings. The first kappa shape index (κ1) is 76.6. The summed E-state index contributed by atoms with van der Waals surface area (Å²) in [5.41, 5.74) is 0. The Labute approximate surface area is 494 Å². The molecule has 0 bridgehead atoms. The lowest BCUT2D eigenvalue weighted by Crippen LogP contribution is -2.45. The summed E-state index contributed by atoms with van der Waals surface area (Å²) < 4.78 is 23.4. The number of likely N-dealkylation sites (N-methyl/N-ethyl adjacent to an activating group) is 1. The molecule has 2 N–H and O–H groups in total. The number of carbonyl (C=O) groups excluding carboxylic acids is 1. The molecule has 0 rings (SSSR count). The fourth-order valence-corrected chi connectivity index (χ4v) is 9.55. The smallest absolute Gasteiger partial charge is 0.268 e. The van der Waals surface area contributed by atoms with Crippen molar-refractivity contribution >= 4 is 13.7 Å². The molecule has 0 radical (unpaired) electrons. The highest BCUT2D eigenvalue weighted by Gasteiger charge is 2.23. The van der Waals surface area contributed by atoms with Gasteiger partial charge < -0.3 is 28.8 Å². The molecule has 0 saturated carbocycles. The Morgan fingerprint density at radius 3 is 1.11 bits per heavy atom. The van der Waals surface area contributed by atoms with Crippen molar-refractivity contribution in [2.45, 2.75) is 270 Å². The van der Waals surface area contributed by atoms with E-state index in [1.54, 1.807) is 6.08 Å². The van der Waals surface area contributed by atoms with Crippen molar-refractivity contribution in [2.24, 2.45) is 0 Å². The summed E-state index contributed by atoms with van der Waals surface area (Å²) >= 11 is 0. The molecule has 80 heavy (non-hydrogen) atoms. The zero-order valence-corrected chi connectivity index (χ0v) is 53.1. The lowest BCUT2D eigenvalue weighted by molar-refractivity contribution is -0.870. The number of quaternary nitrogens is 1.